The number of thiazole rings is 1. The van der Waals surface area contributed by atoms with Crippen molar-refractivity contribution >= 4 is 34.7 Å². The first-order valence-electron chi connectivity index (χ1n) is 5.56. The van der Waals surface area contributed by atoms with Crippen molar-refractivity contribution in [2.24, 2.45) is 0 Å². The Morgan fingerprint density at radius 1 is 1.45 bits per heavy atom. The zero-order valence-corrected chi connectivity index (χ0v) is 12.0. The van der Waals surface area contributed by atoms with Crippen LogP contribution in [0.2, 0.25) is 5.02 Å². The van der Waals surface area contributed by atoms with E-state index in [1.165, 1.54) is 5.38 Å². The molecule has 2 rings (SSSR count). The number of carboxylic acids is 1. The van der Waals surface area contributed by atoms with Gasteiger partial charge in [-0.15, -0.1) is 11.3 Å². The minimum absolute atomic E-state index is 0.0786. The van der Waals surface area contributed by atoms with Crippen molar-refractivity contribution in [3.8, 4) is 5.75 Å². The van der Waals surface area contributed by atoms with Gasteiger partial charge in [0.05, 0.1) is 11.7 Å². The molecule has 5 nitrogen and oxygen atoms in total. The number of hydrogen-bond donors (Lipinski definition) is 0. The zero-order chi connectivity index (χ0) is 14.7. The van der Waals surface area contributed by atoms with Crippen LogP contribution in [0.25, 0.3) is 0 Å². The van der Waals surface area contributed by atoms with Crippen molar-refractivity contribution in [3.05, 3.63) is 44.9 Å². The summed E-state index contributed by atoms with van der Waals surface area (Å²) in [6.07, 6.45) is 0. The fourth-order valence-electron chi connectivity index (χ4n) is 1.41. The minimum Gasteiger partial charge on any atom is -0.543 e. The molecule has 104 valence electrons. The molecule has 1 aromatic carbocycles. The third-order valence-corrected chi connectivity index (χ3v) is 3.76. The molecule has 0 fully saturated rings. The number of benzene rings is 1. The Morgan fingerprint density at radius 2 is 2.20 bits per heavy atom. The Morgan fingerprint density at radius 3 is 2.80 bits per heavy atom. The molecule has 1 heterocycles. The smallest absolute Gasteiger partial charge is 0.228 e. The van der Waals surface area contributed by atoms with Crippen LogP contribution in [-0.2, 0) is 0 Å². The van der Waals surface area contributed by atoms with Gasteiger partial charge in [-0.2, -0.15) is 0 Å². The average Bonchev–Trinajstić information content (AvgIpc) is 2.89. The second kappa shape index (κ2) is 6.02. The molecule has 0 spiro atoms. The molecule has 0 atom stereocenters. The van der Waals surface area contributed by atoms with Crippen molar-refractivity contribution < 1.29 is 19.4 Å². The maximum atomic E-state index is 11.8. The van der Waals surface area contributed by atoms with E-state index in [0.29, 0.717) is 10.8 Å². The molecular formula is C13H9ClNO4S-. The summed E-state index contributed by atoms with van der Waals surface area (Å²) in [6.45, 7) is 1.60. The molecule has 0 bridgehead atoms. The highest BCUT2D eigenvalue weighted by Gasteiger charge is 2.12. The lowest BCUT2D eigenvalue weighted by molar-refractivity contribution is -0.255. The number of Topliss-reactive ketones (excluding diaryl/α,β-unsaturated/α-hetero) is 1. The number of carbonyl (C=O) groups is 2. The summed E-state index contributed by atoms with van der Waals surface area (Å²) in [4.78, 5) is 26.0. The molecule has 20 heavy (non-hydrogen) atoms. The van der Waals surface area contributed by atoms with Crippen molar-refractivity contribution in [3.63, 3.8) is 0 Å². The van der Waals surface area contributed by atoms with Crippen LogP contribution in [0.4, 0.5) is 0 Å². The number of halogens is 1. The molecule has 0 aliphatic rings. The highest BCUT2D eigenvalue weighted by Crippen LogP contribution is 2.21. The summed E-state index contributed by atoms with van der Waals surface area (Å²) in [5.41, 5.74) is 0.589. The van der Waals surface area contributed by atoms with Gasteiger partial charge in [0.1, 0.15) is 5.75 Å². The lowest BCUT2D eigenvalue weighted by atomic mass is 10.2. The number of aromatic nitrogens is 1. The lowest BCUT2D eigenvalue weighted by Gasteiger charge is -2.06. The second-order valence-corrected chi connectivity index (χ2v) is 5.21. The molecule has 0 radical (unpaired) electrons. The first-order valence-corrected chi connectivity index (χ1v) is 6.82. The van der Waals surface area contributed by atoms with E-state index in [9.17, 15) is 14.7 Å². The summed E-state index contributed by atoms with van der Waals surface area (Å²) in [5, 5.41) is 12.5. The molecule has 0 saturated heterocycles. The van der Waals surface area contributed by atoms with E-state index >= 15 is 0 Å². The molecule has 0 amide bonds. The van der Waals surface area contributed by atoms with Gasteiger partial charge in [0, 0.05) is 10.4 Å². The topological polar surface area (TPSA) is 79.3 Å². The Bertz CT molecular complexity index is 668. The zero-order valence-electron chi connectivity index (χ0n) is 10.4. The predicted molar refractivity (Wildman–Crippen MR) is 72.5 cm³/mol. The third kappa shape index (κ3) is 3.34. The summed E-state index contributed by atoms with van der Waals surface area (Å²) in [6, 6.07) is 5.04. The van der Waals surface area contributed by atoms with Crippen LogP contribution in [0.3, 0.4) is 0 Å². The number of rotatable bonds is 5. The number of ether oxygens (including phenoxy) is 1. The van der Waals surface area contributed by atoms with Crippen LogP contribution < -0.4 is 9.84 Å². The number of ketones is 1. The average molecular weight is 311 g/mol. The number of aromatic carboxylic acids is 1. The summed E-state index contributed by atoms with van der Waals surface area (Å²) < 4.78 is 5.32. The number of carbonyl (C=O) groups excluding carboxylic acids is 2. The van der Waals surface area contributed by atoms with E-state index in [4.69, 9.17) is 16.3 Å². The maximum absolute atomic E-state index is 11.8. The summed E-state index contributed by atoms with van der Waals surface area (Å²) in [5.74, 6) is -1.29. The van der Waals surface area contributed by atoms with Crippen molar-refractivity contribution in [2.45, 2.75) is 6.92 Å². The second-order valence-electron chi connectivity index (χ2n) is 3.95. The van der Waals surface area contributed by atoms with Gasteiger partial charge in [0.2, 0.25) is 5.78 Å². The predicted octanol–water partition coefficient (Wildman–Crippen LogP) is 1.73. The fraction of sp³-hybridized carbons (Fsp3) is 0.154. The van der Waals surface area contributed by atoms with E-state index in [1.54, 1.807) is 18.2 Å². The van der Waals surface area contributed by atoms with Crippen LogP contribution in [0, 0.1) is 6.92 Å². The molecule has 1 aromatic heterocycles. The van der Waals surface area contributed by atoms with Gasteiger partial charge >= 0.3 is 0 Å². The lowest BCUT2D eigenvalue weighted by Crippen LogP contribution is -2.23. The van der Waals surface area contributed by atoms with E-state index in [2.05, 4.69) is 4.98 Å². The highest BCUT2D eigenvalue weighted by atomic mass is 35.5. The highest BCUT2D eigenvalue weighted by molar-refractivity contribution is 7.12. The SMILES string of the molecule is Cc1cc(OCC(=O)c2nc(C(=O)[O-])cs2)ccc1Cl. The van der Waals surface area contributed by atoms with Crippen LogP contribution in [0.5, 0.6) is 5.75 Å². The number of nitrogens with zero attached hydrogens (tertiary/aromatic N) is 1. The molecule has 0 N–H and O–H groups in total. The number of aryl methyl sites for hydroxylation is 1. The largest absolute Gasteiger partial charge is 0.543 e. The Labute approximate surface area is 123 Å². The fourth-order valence-corrected chi connectivity index (χ4v) is 2.24. The van der Waals surface area contributed by atoms with Gasteiger partial charge in [0.25, 0.3) is 0 Å². The Kier molecular flexibility index (Phi) is 4.36. The summed E-state index contributed by atoms with van der Waals surface area (Å²) >= 11 is 6.82. The first kappa shape index (κ1) is 14.5. The van der Waals surface area contributed by atoms with Gasteiger partial charge in [-0.05, 0) is 30.7 Å². The van der Waals surface area contributed by atoms with Gasteiger partial charge in [0.15, 0.2) is 11.6 Å². The van der Waals surface area contributed by atoms with E-state index < -0.39 is 11.8 Å². The van der Waals surface area contributed by atoms with Gasteiger partial charge in [-0.1, -0.05) is 11.6 Å². The van der Waals surface area contributed by atoms with Crippen molar-refractivity contribution in [1.29, 1.82) is 0 Å². The standard InChI is InChI=1S/C13H10ClNO4S/c1-7-4-8(2-3-9(7)14)19-5-11(16)12-15-10(6-20-12)13(17)18/h2-4,6H,5H2,1H3,(H,17,18)/p-1. The van der Waals surface area contributed by atoms with Crippen LogP contribution in [0.1, 0.15) is 25.9 Å². The van der Waals surface area contributed by atoms with Gasteiger partial charge in [-0.3, -0.25) is 4.79 Å². The van der Waals surface area contributed by atoms with Crippen LogP contribution in [-0.4, -0.2) is 23.3 Å². The molecule has 0 saturated carbocycles. The van der Waals surface area contributed by atoms with E-state index in [1.807, 2.05) is 6.92 Å². The third-order valence-electron chi connectivity index (χ3n) is 2.45. The quantitative estimate of drug-likeness (QED) is 0.786. The number of hydrogen-bond acceptors (Lipinski definition) is 6. The van der Waals surface area contributed by atoms with Crippen LogP contribution in [0.15, 0.2) is 23.6 Å². The van der Waals surface area contributed by atoms with E-state index in [-0.39, 0.29) is 17.3 Å². The first-order chi connectivity index (χ1) is 9.47. The minimum atomic E-state index is -1.41. The van der Waals surface area contributed by atoms with Gasteiger partial charge in [-0.25, -0.2) is 4.98 Å². The molecular weight excluding hydrogens is 302 g/mol. The van der Waals surface area contributed by atoms with Gasteiger partial charge < -0.3 is 14.6 Å². The number of carboxylic acid groups (broad SMARTS) is 1. The molecule has 0 aliphatic heterocycles. The molecule has 7 heteroatoms. The molecule has 0 unspecified atom stereocenters. The molecule has 2 aromatic rings. The normalized spacial score (nSPS) is 10.3. The summed E-state index contributed by atoms with van der Waals surface area (Å²) in [7, 11) is 0. The maximum Gasteiger partial charge on any atom is 0.228 e. The molecule has 0 aliphatic carbocycles. The van der Waals surface area contributed by atoms with E-state index in [0.717, 1.165) is 16.9 Å². The Balaban J connectivity index is 2.00. The monoisotopic (exact) mass is 310 g/mol. The Hall–Kier alpha value is -1.92. The van der Waals surface area contributed by atoms with Crippen LogP contribution >= 0.6 is 22.9 Å². The van der Waals surface area contributed by atoms with Crippen molar-refractivity contribution in [2.75, 3.05) is 6.61 Å². The van der Waals surface area contributed by atoms with Crippen molar-refractivity contribution in [1.82, 2.24) is 4.98 Å².